The lowest BCUT2D eigenvalue weighted by Gasteiger charge is -2.48. The lowest BCUT2D eigenvalue weighted by atomic mass is 10.0. The highest BCUT2D eigenvalue weighted by atomic mass is 32.2. The van der Waals surface area contributed by atoms with E-state index in [0.29, 0.717) is 5.57 Å². The minimum absolute atomic E-state index is 0.0641. The monoisotopic (exact) mass is 437 g/mol. The van der Waals surface area contributed by atoms with Crippen molar-refractivity contribution in [3.63, 3.8) is 0 Å². The molecule has 5 N–H and O–H groups in total. The van der Waals surface area contributed by atoms with Crippen LogP contribution in [0.15, 0.2) is 21.8 Å². The highest BCUT2D eigenvalue weighted by Crippen LogP contribution is 2.40. The van der Waals surface area contributed by atoms with Gasteiger partial charge in [0.15, 0.2) is 10.8 Å². The number of rotatable bonds is 5. The average Bonchev–Trinajstić information content (AvgIpc) is 3.12. The molecule has 2 aliphatic heterocycles. The zero-order chi connectivity index (χ0) is 21.1. The summed E-state index contributed by atoms with van der Waals surface area (Å²) in [4.78, 5) is 41.6. The number of nitrogens with two attached hydrogens (primary N) is 1. The standard InChI is InChI=1S/C16H15N5O6S2/c1-27-4-2-3-7-5-28-14-10(13(23)21(14)11(7)15(24)25)19-12(22)9(20-26)8-6-29-16(17)18-8/h6,10,14,26H,4-5H2,1H3,(H2,17,18)(H,19,22)(H,24,25)/b20-9-/t10-,14-/m1/s1. The van der Waals surface area contributed by atoms with Crippen LogP contribution in [0.1, 0.15) is 5.69 Å². The number of methoxy groups -OCH3 is 1. The van der Waals surface area contributed by atoms with Crippen molar-refractivity contribution >= 4 is 51.7 Å². The van der Waals surface area contributed by atoms with Gasteiger partial charge in [-0.3, -0.25) is 14.5 Å². The molecule has 3 heterocycles. The number of β-lactam (4-membered cyclic amide) rings is 1. The molecule has 1 aromatic rings. The molecule has 0 bridgehead atoms. The Labute approximate surface area is 172 Å². The zero-order valence-electron chi connectivity index (χ0n) is 14.9. The minimum Gasteiger partial charge on any atom is -0.477 e. The van der Waals surface area contributed by atoms with E-state index >= 15 is 0 Å². The number of ether oxygens (including phenoxy) is 1. The number of aromatic nitrogens is 1. The number of aliphatic carboxylic acids is 1. The summed E-state index contributed by atoms with van der Waals surface area (Å²) in [7, 11) is 1.46. The number of nitrogens with one attached hydrogen (secondary N) is 1. The van der Waals surface area contributed by atoms with Crippen LogP contribution in [0.5, 0.6) is 0 Å². The third-order valence-corrected chi connectivity index (χ3v) is 5.95. The zero-order valence-corrected chi connectivity index (χ0v) is 16.5. The van der Waals surface area contributed by atoms with Crippen LogP contribution < -0.4 is 11.1 Å². The van der Waals surface area contributed by atoms with Gasteiger partial charge in [-0.05, 0) is 0 Å². The Kier molecular flexibility index (Phi) is 6.06. The Bertz CT molecular complexity index is 991. The molecule has 0 spiro atoms. The van der Waals surface area contributed by atoms with Crippen molar-refractivity contribution in [2.75, 3.05) is 25.2 Å². The topological polar surface area (TPSA) is 167 Å². The van der Waals surface area contributed by atoms with Crippen LogP contribution in [0.2, 0.25) is 0 Å². The van der Waals surface area contributed by atoms with Gasteiger partial charge in [0.1, 0.15) is 29.4 Å². The van der Waals surface area contributed by atoms with E-state index in [1.807, 2.05) is 0 Å². The molecule has 0 unspecified atom stereocenters. The first-order valence-electron chi connectivity index (χ1n) is 8.02. The van der Waals surface area contributed by atoms with Crippen molar-refractivity contribution in [2.24, 2.45) is 5.16 Å². The molecule has 1 aromatic heterocycles. The maximum absolute atomic E-state index is 12.6. The summed E-state index contributed by atoms with van der Waals surface area (Å²) in [5.41, 5.74) is 5.26. The Morgan fingerprint density at radius 1 is 1.55 bits per heavy atom. The molecule has 152 valence electrons. The molecule has 1 fully saturated rings. The summed E-state index contributed by atoms with van der Waals surface area (Å²) >= 11 is 2.32. The van der Waals surface area contributed by atoms with E-state index in [4.69, 9.17) is 15.7 Å². The molecule has 13 heteroatoms. The number of thioether (sulfide) groups is 1. The second-order valence-electron chi connectivity index (χ2n) is 5.75. The predicted molar refractivity (Wildman–Crippen MR) is 104 cm³/mol. The largest absolute Gasteiger partial charge is 0.477 e. The fourth-order valence-corrected chi connectivity index (χ4v) is 4.58. The van der Waals surface area contributed by atoms with Gasteiger partial charge in [-0.2, -0.15) is 0 Å². The van der Waals surface area contributed by atoms with Crippen LogP contribution >= 0.6 is 23.1 Å². The van der Waals surface area contributed by atoms with E-state index in [1.165, 1.54) is 24.3 Å². The average molecular weight is 437 g/mol. The number of hydrogen-bond donors (Lipinski definition) is 4. The van der Waals surface area contributed by atoms with Gasteiger partial charge in [0, 0.05) is 23.8 Å². The Hall–Kier alpha value is -3.08. The van der Waals surface area contributed by atoms with Crippen LogP contribution in [0.25, 0.3) is 0 Å². The van der Waals surface area contributed by atoms with Crippen LogP contribution in [0.4, 0.5) is 5.13 Å². The van der Waals surface area contributed by atoms with Crippen molar-refractivity contribution in [1.29, 1.82) is 0 Å². The van der Waals surface area contributed by atoms with Crippen molar-refractivity contribution in [3.05, 3.63) is 22.3 Å². The molecule has 1 saturated heterocycles. The number of nitrogens with zero attached hydrogens (tertiary/aromatic N) is 3. The number of carboxylic acids is 1. The van der Waals surface area contributed by atoms with E-state index in [2.05, 4.69) is 27.3 Å². The number of carboxylic acid groups (broad SMARTS) is 1. The van der Waals surface area contributed by atoms with Gasteiger partial charge in [-0.15, -0.1) is 23.1 Å². The molecule has 29 heavy (non-hydrogen) atoms. The Balaban J connectivity index is 1.78. The van der Waals surface area contributed by atoms with Gasteiger partial charge < -0.3 is 26.1 Å². The van der Waals surface area contributed by atoms with Gasteiger partial charge >= 0.3 is 5.97 Å². The fourth-order valence-electron chi connectivity index (χ4n) is 2.75. The van der Waals surface area contributed by atoms with Crippen molar-refractivity contribution in [2.45, 2.75) is 11.4 Å². The number of carbonyl (C=O) groups is 3. The maximum Gasteiger partial charge on any atom is 0.353 e. The SMILES string of the molecule is COCC#CC1=C(C(=O)O)N2C(=O)[C@@H](NC(=O)/C(=N\O)c3csc(N)n3)[C@H]2SC1. The van der Waals surface area contributed by atoms with Crippen molar-refractivity contribution in [3.8, 4) is 11.8 Å². The van der Waals surface area contributed by atoms with Crippen LogP contribution in [-0.4, -0.2) is 74.6 Å². The molecule has 2 atom stereocenters. The number of amides is 2. The molecule has 2 aliphatic rings. The summed E-state index contributed by atoms with van der Waals surface area (Å²) in [6.45, 7) is 0.127. The van der Waals surface area contributed by atoms with Gasteiger partial charge in [0.25, 0.3) is 11.8 Å². The second kappa shape index (κ2) is 8.52. The number of nitrogen functional groups attached to an aromatic ring is 1. The van der Waals surface area contributed by atoms with Crippen LogP contribution in [0, 0.1) is 11.8 Å². The Morgan fingerprint density at radius 2 is 2.31 bits per heavy atom. The molecule has 2 amide bonds. The van der Waals surface area contributed by atoms with Crippen LogP contribution in [-0.2, 0) is 19.1 Å². The lowest BCUT2D eigenvalue weighted by molar-refractivity contribution is -0.150. The maximum atomic E-state index is 12.6. The highest BCUT2D eigenvalue weighted by molar-refractivity contribution is 8.00. The predicted octanol–water partition coefficient (Wildman–Crippen LogP) is -0.708. The number of anilines is 1. The highest BCUT2D eigenvalue weighted by Gasteiger charge is 2.54. The number of thiazole rings is 1. The molecule has 11 nitrogen and oxygen atoms in total. The fraction of sp³-hybridized carbons (Fsp3) is 0.312. The molecular weight excluding hydrogens is 422 g/mol. The van der Waals surface area contributed by atoms with E-state index in [0.717, 1.165) is 16.2 Å². The summed E-state index contributed by atoms with van der Waals surface area (Å²) in [5, 5.41) is 25.1. The summed E-state index contributed by atoms with van der Waals surface area (Å²) in [5.74, 6) is 2.93. The molecule has 0 saturated carbocycles. The Morgan fingerprint density at radius 3 is 2.90 bits per heavy atom. The van der Waals surface area contributed by atoms with E-state index < -0.39 is 34.9 Å². The summed E-state index contributed by atoms with van der Waals surface area (Å²) < 4.78 is 4.82. The van der Waals surface area contributed by atoms with Gasteiger partial charge in [0.2, 0.25) is 0 Å². The first-order valence-corrected chi connectivity index (χ1v) is 9.95. The van der Waals surface area contributed by atoms with Gasteiger partial charge in [-0.25, -0.2) is 9.78 Å². The molecule has 3 rings (SSSR count). The third kappa shape index (κ3) is 3.90. The molecule has 0 aromatic carbocycles. The second-order valence-corrected chi connectivity index (χ2v) is 7.74. The van der Waals surface area contributed by atoms with Crippen molar-refractivity contribution < 1.29 is 29.4 Å². The first-order chi connectivity index (χ1) is 13.9. The van der Waals surface area contributed by atoms with E-state index in [9.17, 15) is 19.5 Å². The van der Waals surface area contributed by atoms with Gasteiger partial charge in [-0.1, -0.05) is 17.0 Å². The summed E-state index contributed by atoms with van der Waals surface area (Å²) in [6, 6.07) is -0.983. The molecule has 0 aliphatic carbocycles. The lowest BCUT2D eigenvalue weighted by Crippen LogP contribution is -2.71. The normalized spacial score (nSPS) is 21.1. The van der Waals surface area contributed by atoms with Gasteiger partial charge in [0.05, 0.1) is 0 Å². The third-order valence-electron chi connectivity index (χ3n) is 3.99. The first kappa shape index (κ1) is 20.6. The smallest absolute Gasteiger partial charge is 0.353 e. The molecular formula is C16H15N5O6S2. The van der Waals surface area contributed by atoms with Crippen molar-refractivity contribution in [1.82, 2.24) is 15.2 Å². The number of oxime groups is 1. The van der Waals surface area contributed by atoms with E-state index in [1.54, 1.807) is 0 Å². The minimum atomic E-state index is -1.29. The number of hydrogen-bond acceptors (Lipinski definition) is 10. The molecule has 0 radical (unpaired) electrons. The quantitative estimate of drug-likeness (QED) is 0.153. The summed E-state index contributed by atoms with van der Waals surface area (Å²) in [6.07, 6.45) is 0. The number of carbonyl (C=O) groups excluding carboxylic acids is 2. The number of fused-ring (bicyclic) bond motifs is 1. The van der Waals surface area contributed by atoms with Crippen LogP contribution in [0.3, 0.4) is 0 Å². The van der Waals surface area contributed by atoms with E-state index in [-0.39, 0.29) is 28.9 Å².